The number of hydrogen-bond donors (Lipinski definition) is 2. The van der Waals surface area contributed by atoms with Crippen LogP contribution in [0, 0.1) is 5.92 Å². The van der Waals surface area contributed by atoms with E-state index in [1.165, 1.54) is 19.3 Å². The van der Waals surface area contributed by atoms with Crippen molar-refractivity contribution >= 4 is 5.91 Å². The lowest BCUT2D eigenvalue weighted by Crippen LogP contribution is -2.33. The second kappa shape index (κ2) is 11.7. The smallest absolute Gasteiger partial charge is 0.223 e. The maximum atomic E-state index is 12.0. The quantitative estimate of drug-likeness (QED) is 0.603. The third kappa shape index (κ3) is 7.34. The van der Waals surface area contributed by atoms with Gasteiger partial charge < -0.3 is 20.1 Å². The number of ether oxygens (including phenoxy) is 2. The standard InChI is InChI=1S/C20H32N2O3/c1-24-18-11-5-6-12-19(18)25-16-15-21-13-7-8-14-22-20(23)17-9-3-2-4-10-17/h5-6,11-12,17,21H,2-4,7-10,13-16H2,1H3,(H,22,23). The van der Waals surface area contributed by atoms with Crippen molar-refractivity contribution in [2.24, 2.45) is 5.92 Å². The predicted octanol–water partition coefficient (Wildman–Crippen LogP) is 3.14. The van der Waals surface area contributed by atoms with Gasteiger partial charge in [0.25, 0.3) is 0 Å². The van der Waals surface area contributed by atoms with Gasteiger partial charge in [-0.3, -0.25) is 4.79 Å². The molecule has 1 aromatic rings. The van der Waals surface area contributed by atoms with Crippen LogP contribution < -0.4 is 20.1 Å². The van der Waals surface area contributed by atoms with Crippen LogP contribution in [-0.2, 0) is 4.79 Å². The minimum atomic E-state index is 0.262. The summed E-state index contributed by atoms with van der Waals surface area (Å²) in [5.41, 5.74) is 0. The first-order valence-corrected chi connectivity index (χ1v) is 9.55. The van der Waals surface area contributed by atoms with Gasteiger partial charge in [0.05, 0.1) is 7.11 Å². The van der Waals surface area contributed by atoms with Gasteiger partial charge in [-0.2, -0.15) is 0 Å². The maximum Gasteiger partial charge on any atom is 0.223 e. The summed E-state index contributed by atoms with van der Waals surface area (Å²) in [4.78, 5) is 12.0. The first kappa shape index (κ1) is 19.6. The van der Waals surface area contributed by atoms with Crippen LogP contribution >= 0.6 is 0 Å². The number of carbonyl (C=O) groups is 1. The fourth-order valence-electron chi connectivity index (χ4n) is 3.19. The van der Waals surface area contributed by atoms with E-state index in [4.69, 9.17) is 9.47 Å². The van der Waals surface area contributed by atoms with E-state index in [2.05, 4.69) is 10.6 Å². The highest BCUT2D eigenvalue weighted by molar-refractivity contribution is 5.78. The molecule has 0 bridgehead atoms. The van der Waals surface area contributed by atoms with Crippen molar-refractivity contribution in [1.29, 1.82) is 0 Å². The number of carbonyl (C=O) groups excluding carboxylic acids is 1. The second-order valence-electron chi connectivity index (χ2n) is 6.58. The third-order valence-electron chi connectivity index (χ3n) is 4.66. The van der Waals surface area contributed by atoms with E-state index in [1.54, 1.807) is 7.11 Å². The molecule has 1 amide bonds. The van der Waals surface area contributed by atoms with Crippen LogP contribution in [0.1, 0.15) is 44.9 Å². The Morgan fingerprint density at radius 1 is 1.04 bits per heavy atom. The topological polar surface area (TPSA) is 59.6 Å². The number of benzene rings is 1. The van der Waals surface area contributed by atoms with E-state index < -0.39 is 0 Å². The van der Waals surface area contributed by atoms with Gasteiger partial charge in [0.2, 0.25) is 5.91 Å². The van der Waals surface area contributed by atoms with Gasteiger partial charge >= 0.3 is 0 Å². The maximum absolute atomic E-state index is 12.0. The summed E-state index contributed by atoms with van der Waals surface area (Å²) in [6.45, 7) is 3.13. The Morgan fingerprint density at radius 3 is 2.52 bits per heavy atom. The summed E-state index contributed by atoms with van der Waals surface area (Å²) in [7, 11) is 1.65. The molecule has 1 aliphatic rings. The second-order valence-corrected chi connectivity index (χ2v) is 6.58. The zero-order chi connectivity index (χ0) is 17.7. The number of amides is 1. The van der Waals surface area contributed by atoms with Crippen molar-refractivity contribution in [2.45, 2.75) is 44.9 Å². The molecule has 2 rings (SSSR count). The van der Waals surface area contributed by atoms with Gasteiger partial charge in [-0.25, -0.2) is 0 Å². The molecule has 25 heavy (non-hydrogen) atoms. The molecular weight excluding hydrogens is 316 g/mol. The molecule has 5 heteroatoms. The molecule has 2 N–H and O–H groups in total. The van der Waals surface area contributed by atoms with Crippen LogP contribution in [0.2, 0.25) is 0 Å². The van der Waals surface area contributed by atoms with Crippen molar-refractivity contribution in [3.63, 3.8) is 0 Å². The van der Waals surface area contributed by atoms with E-state index in [0.717, 1.165) is 56.8 Å². The Morgan fingerprint density at radius 2 is 1.76 bits per heavy atom. The molecule has 0 aliphatic heterocycles. The zero-order valence-electron chi connectivity index (χ0n) is 15.4. The molecule has 1 aliphatic carbocycles. The van der Waals surface area contributed by atoms with Crippen molar-refractivity contribution in [3.05, 3.63) is 24.3 Å². The Kier molecular flexibility index (Phi) is 9.19. The molecule has 1 fully saturated rings. The van der Waals surface area contributed by atoms with Crippen LogP contribution in [0.25, 0.3) is 0 Å². The normalized spacial score (nSPS) is 14.9. The van der Waals surface area contributed by atoms with Crippen LogP contribution in [0.5, 0.6) is 11.5 Å². The molecule has 1 saturated carbocycles. The van der Waals surface area contributed by atoms with Gasteiger partial charge in [0.1, 0.15) is 6.61 Å². The molecular formula is C20H32N2O3. The zero-order valence-corrected chi connectivity index (χ0v) is 15.4. The number of nitrogens with one attached hydrogen (secondary N) is 2. The lowest BCUT2D eigenvalue weighted by molar-refractivity contribution is -0.125. The highest BCUT2D eigenvalue weighted by Gasteiger charge is 2.20. The fourth-order valence-corrected chi connectivity index (χ4v) is 3.19. The van der Waals surface area contributed by atoms with Gasteiger partial charge in [-0.1, -0.05) is 31.4 Å². The predicted molar refractivity (Wildman–Crippen MR) is 100 cm³/mol. The molecule has 0 heterocycles. The summed E-state index contributed by atoms with van der Waals surface area (Å²) in [5.74, 6) is 2.06. The Bertz CT molecular complexity index is 501. The first-order valence-electron chi connectivity index (χ1n) is 9.55. The highest BCUT2D eigenvalue weighted by atomic mass is 16.5. The van der Waals surface area contributed by atoms with Crippen LogP contribution in [0.4, 0.5) is 0 Å². The fraction of sp³-hybridized carbons (Fsp3) is 0.650. The molecule has 0 spiro atoms. The van der Waals surface area contributed by atoms with Gasteiger partial charge in [-0.15, -0.1) is 0 Å². The Hall–Kier alpha value is -1.75. The molecule has 1 aromatic carbocycles. The van der Waals surface area contributed by atoms with E-state index in [0.29, 0.717) is 6.61 Å². The van der Waals surface area contributed by atoms with Crippen molar-refractivity contribution in [2.75, 3.05) is 33.4 Å². The average molecular weight is 348 g/mol. The number of unbranched alkanes of at least 4 members (excludes halogenated alkanes) is 1. The molecule has 0 atom stereocenters. The monoisotopic (exact) mass is 348 g/mol. The number of methoxy groups -OCH3 is 1. The number of rotatable bonds is 11. The van der Waals surface area contributed by atoms with Crippen molar-refractivity contribution in [3.8, 4) is 11.5 Å². The summed E-state index contributed by atoms with van der Waals surface area (Å²) >= 11 is 0. The number of hydrogen-bond acceptors (Lipinski definition) is 4. The Labute approximate surface area is 151 Å². The largest absolute Gasteiger partial charge is 0.493 e. The highest BCUT2D eigenvalue weighted by Crippen LogP contribution is 2.25. The summed E-state index contributed by atoms with van der Waals surface area (Å²) in [6.07, 6.45) is 7.91. The van der Waals surface area contributed by atoms with E-state index in [-0.39, 0.29) is 11.8 Å². The van der Waals surface area contributed by atoms with Crippen molar-refractivity contribution in [1.82, 2.24) is 10.6 Å². The molecule has 5 nitrogen and oxygen atoms in total. The summed E-state index contributed by atoms with van der Waals surface area (Å²) in [6, 6.07) is 7.67. The van der Waals surface area contributed by atoms with Crippen LogP contribution in [0.3, 0.4) is 0 Å². The van der Waals surface area contributed by atoms with Gasteiger partial charge in [-0.05, 0) is 44.4 Å². The lowest BCUT2D eigenvalue weighted by Gasteiger charge is -2.20. The lowest BCUT2D eigenvalue weighted by atomic mass is 9.89. The van der Waals surface area contributed by atoms with Gasteiger partial charge in [0, 0.05) is 19.0 Å². The van der Waals surface area contributed by atoms with E-state index >= 15 is 0 Å². The molecule has 140 valence electrons. The average Bonchev–Trinajstić information content (AvgIpc) is 2.67. The van der Waals surface area contributed by atoms with E-state index in [9.17, 15) is 4.79 Å². The number of para-hydroxylation sites is 2. The molecule has 0 saturated heterocycles. The molecule has 0 radical (unpaired) electrons. The van der Waals surface area contributed by atoms with E-state index in [1.807, 2.05) is 24.3 Å². The summed E-state index contributed by atoms with van der Waals surface area (Å²) < 4.78 is 11.0. The summed E-state index contributed by atoms with van der Waals surface area (Å²) in [5, 5.41) is 6.45. The van der Waals surface area contributed by atoms with Crippen molar-refractivity contribution < 1.29 is 14.3 Å². The minimum absolute atomic E-state index is 0.262. The Balaban J connectivity index is 1.44. The third-order valence-corrected chi connectivity index (χ3v) is 4.66. The molecule has 0 aromatic heterocycles. The van der Waals surface area contributed by atoms with Gasteiger partial charge in [0.15, 0.2) is 11.5 Å². The minimum Gasteiger partial charge on any atom is -0.493 e. The molecule has 0 unspecified atom stereocenters. The SMILES string of the molecule is COc1ccccc1OCCNCCCCNC(=O)C1CCCCC1. The first-order chi connectivity index (χ1) is 12.3. The van der Waals surface area contributed by atoms with Crippen LogP contribution in [0.15, 0.2) is 24.3 Å². The van der Waals surface area contributed by atoms with Crippen LogP contribution in [-0.4, -0.2) is 39.3 Å².